The minimum Gasteiger partial charge on any atom is -0.395 e. The van der Waals surface area contributed by atoms with Gasteiger partial charge in [0.2, 0.25) is 0 Å². The van der Waals surface area contributed by atoms with Gasteiger partial charge in [0.1, 0.15) is 0 Å². The van der Waals surface area contributed by atoms with Crippen molar-refractivity contribution in [1.29, 1.82) is 0 Å². The number of rotatable bonds is 5. The molecule has 0 unspecified atom stereocenters. The van der Waals surface area contributed by atoms with Crippen LogP contribution in [0.3, 0.4) is 0 Å². The van der Waals surface area contributed by atoms with Gasteiger partial charge < -0.3 is 9.84 Å². The van der Waals surface area contributed by atoms with Crippen molar-refractivity contribution in [2.45, 2.75) is 45.1 Å². The van der Waals surface area contributed by atoms with Crippen LogP contribution in [0.2, 0.25) is 0 Å². The van der Waals surface area contributed by atoms with Crippen molar-refractivity contribution in [2.75, 3.05) is 13.2 Å². The number of aliphatic hydroxyl groups excluding tert-OH is 1. The summed E-state index contributed by atoms with van der Waals surface area (Å²) in [7, 11) is 0. The molecule has 1 aromatic rings. The minimum absolute atomic E-state index is 0.122. The Hall–Kier alpha value is -1.30. The molecule has 1 N–H and O–H groups in total. The molecule has 1 aromatic carbocycles. The first kappa shape index (κ1) is 15.1. The van der Waals surface area contributed by atoms with Crippen molar-refractivity contribution < 1.29 is 9.84 Å². The highest BCUT2D eigenvalue weighted by molar-refractivity contribution is 5.36. The lowest BCUT2D eigenvalue weighted by atomic mass is 9.90. The third-order valence-electron chi connectivity index (χ3n) is 3.74. The number of benzene rings is 1. The van der Waals surface area contributed by atoms with Gasteiger partial charge >= 0.3 is 0 Å². The van der Waals surface area contributed by atoms with Gasteiger partial charge in [-0.3, -0.25) is 0 Å². The van der Waals surface area contributed by atoms with Crippen molar-refractivity contribution in [2.24, 2.45) is 5.92 Å². The molecule has 0 radical (unpaired) electrons. The Bertz CT molecular complexity index is 450. The van der Waals surface area contributed by atoms with E-state index in [4.69, 9.17) is 9.84 Å². The summed E-state index contributed by atoms with van der Waals surface area (Å²) in [6, 6.07) is 8.17. The molecule has 0 aliphatic heterocycles. The third-order valence-corrected chi connectivity index (χ3v) is 3.74. The maximum atomic E-state index is 8.72. The Morgan fingerprint density at radius 3 is 2.85 bits per heavy atom. The van der Waals surface area contributed by atoms with Crippen molar-refractivity contribution in [1.82, 2.24) is 0 Å². The van der Waals surface area contributed by atoms with Crippen LogP contribution in [0.1, 0.15) is 49.7 Å². The molecule has 2 nitrogen and oxygen atoms in total. The second-order valence-corrected chi connectivity index (χ2v) is 5.49. The fourth-order valence-corrected chi connectivity index (χ4v) is 2.66. The SMILES string of the molecule is OCCC#Cc1cccc(COCC2CCCCC2)c1. The molecule has 1 aliphatic carbocycles. The van der Waals surface area contributed by atoms with E-state index in [0.717, 1.165) is 18.1 Å². The summed E-state index contributed by atoms with van der Waals surface area (Å²) in [4.78, 5) is 0. The molecule has 1 aliphatic rings. The van der Waals surface area contributed by atoms with Crippen LogP contribution in [-0.2, 0) is 11.3 Å². The molecule has 0 amide bonds. The van der Waals surface area contributed by atoms with Crippen LogP contribution in [0.5, 0.6) is 0 Å². The van der Waals surface area contributed by atoms with Gasteiger partial charge in [-0.05, 0) is 36.5 Å². The summed E-state index contributed by atoms with van der Waals surface area (Å²) in [5.41, 5.74) is 2.17. The number of hydrogen-bond donors (Lipinski definition) is 1. The Morgan fingerprint density at radius 2 is 2.05 bits per heavy atom. The fraction of sp³-hybridized carbons (Fsp3) is 0.556. The van der Waals surface area contributed by atoms with E-state index in [1.54, 1.807) is 0 Å². The lowest BCUT2D eigenvalue weighted by Crippen LogP contribution is -2.13. The number of ether oxygens (including phenoxy) is 1. The second-order valence-electron chi connectivity index (χ2n) is 5.49. The molecule has 2 rings (SSSR count). The van der Waals surface area contributed by atoms with Crippen LogP contribution in [-0.4, -0.2) is 18.3 Å². The normalized spacial score (nSPS) is 15.7. The molecule has 2 heteroatoms. The first-order valence-corrected chi connectivity index (χ1v) is 7.65. The van der Waals surface area contributed by atoms with E-state index in [1.165, 1.54) is 37.7 Å². The maximum absolute atomic E-state index is 8.72. The van der Waals surface area contributed by atoms with Crippen molar-refractivity contribution in [3.05, 3.63) is 35.4 Å². The average molecular weight is 272 g/mol. The Kier molecular flexibility index (Phi) is 6.63. The van der Waals surface area contributed by atoms with Crippen molar-refractivity contribution >= 4 is 0 Å². The zero-order valence-corrected chi connectivity index (χ0v) is 12.1. The smallest absolute Gasteiger partial charge is 0.0717 e. The zero-order chi connectivity index (χ0) is 14.0. The van der Waals surface area contributed by atoms with Crippen LogP contribution >= 0.6 is 0 Å². The number of aliphatic hydroxyl groups is 1. The average Bonchev–Trinajstić information content (AvgIpc) is 2.49. The van der Waals surface area contributed by atoms with Crippen molar-refractivity contribution in [3.63, 3.8) is 0 Å². The van der Waals surface area contributed by atoms with Gasteiger partial charge in [-0.2, -0.15) is 0 Å². The molecule has 108 valence electrons. The van der Waals surface area contributed by atoms with Crippen molar-refractivity contribution in [3.8, 4) is 11.8 Å². The first-order valence-electron chi connectivity index (χ1n) is 7.65. The summed E-state index contributed by atoms with van der Waals surface area (Å²) in [5, 5.41) is 8.72. The molecular weight excluding hydrogens is 248 g/mol. The Morgan fingerprint density at radius 1 is 1.20 bits per heavy atom. The molecule has 0 spiro atoms. The highest BCUT2D eigenvalue weighted by Gasteiger charge is 2.13. The predicted molar refractivity (Wildman–Crippen MR) is 81.3 cm³/mol. The molecule has 0 heterocycles. The van der Waals surface area contributed by atoms with Crippen LogP contribution < -0.4 is 0 Å². The first-order chi connectivity index (χ1) is 9.88. The van der Waals surface area contributed by atoms with E-state index in [-0.39, 0.29) is 6.61 Å². The van der Waals surface area contributed by atoms with Gasteiger partial charge in [0.25, 0.3) is 0 Å². The van der Waals surface area contributed by atoms with E-state index in [1.807, 2.05) is 12.1 Å². The van der Waals surface area contributed by atoms with E-state index < -0.39 is 0 Å². The van der Waals surface area contributed by atoms with Gasteiger partial charge in [-0.25, -0.2) is 0 Å². The third kappa shape index (κ3) is 5.36. The molecule has 1 fully saturated rings. The van der Waals surface area contributed by atoms with E-state index in [9.17, 15) is 0 Å². The predicted octanol–water partition coefficient (Wildman–Crippen LogP) is 3.52. The Balaban J connectivity index is 1.77. The topological polar surface area (TPSA) is 29.5 Å². The van der Waals surface area contributed by atoms with Gasteiger partial charge in [0.15, 0.2) is 0 Å². The van der Waals surface area contributed by atoms with Gasteiger partial charge in [0, 0.05) is 18.6 Å². The summed E-state index contributed by atoms with van der Waals surface area (Å²) >= 11 is 0. The summed E-state index contributed by atoms with van der Waals surface area (Å²) in [6.45, 7) is 1.68. The second kappa shape index (κ2) is 8.79. The summed E-state index contributed by atoms with van der Waals surface area (Å²) < 4.78 is 5.85. The van der Waals surface area contributed by atoms with Crippen LogP contribution in [0.15, 0.2) is 24.3 Å². The van der Waals surface area contributed by atoms with E-state index in [0.29, 0.717) is 13.0 Å². The maximum Gasteiger partial charge on any atom is 0.0717 e. The number of hydrogen-bond acceptors (Lipinski definition) is 2. The van der Waals surface area contributed by atoms with E-state index in [2.05, 4.69) is 24.0 Å². The molecule has 0 saturated heterocycles. The monoisotopic (exact) mass is 272 g/mol. The molecule has 0 atom stereocenters. The molecule has 1 saturated carbocycles. The fourth-order valence-electron chi connectivity index (χ4n) is 2.66. The van der Waals surface area contributed by atoms with Crippen LogP contribution in [0.25, 0.3) is 0 Å². The standard InChI is InChI=1S/C18H24O2/c19-12-5-4-7-16-10-6-11-18(13-16)15-20-14-17-8-2-1-3-9-17/h6,10-11,13,17,19H,1-3,5,8-9,12,14-15H2. The highest BCUT2D eigenvalue weighted by atomic mass is 16.5. The highest BCUT2D eigenvalue weighted by Crippen LogP contribution is 2.24. The molecular formula is C18H24O2. The van der Waals surface area contributed by atoms with Gasteiger partial charge in [-0.15, -0.1) is 0 Å². The zero-order valence-electron chi connectivity index (χ0n) is 12.1. The molecule has 20 heavy (non-hydrogen) atoms. The lowest BCUT2D eigenvalue weighted by Gasteiger charge is -2.21. The lowest BCUT2D eigenvalue weighted by molar-refractivity contribution is 0.0739. The quantitative estimate of drug-likeness (QED) is 0.831. The minimum atomic E-state index is 0.122. The molecule has 0 aromatic heterocycles. The van der Waals surface area contributed by atoms with Crippen LogP contribution in [0.4, 0.5) is 0 Å². The largest absolute Gasteiger partial charge is 0.395 e. The van der Waals surface area contributed by atoms with Gasteiger partial charge in [-0.1, -0.05) is 43.2 Å². The summed E-state index contributed by atoms with van der Waals surface area (Å²) in [6.07, 6.45) is 7.31. The van der Waals surface area contributed by atoms with Crippen LogP contribution in [0, 0.1) is 17.8 Å². The summed E-state index contributed by atoms with van der Waals surface area (Å²) in [5.74, 6) is 6.77. The van der Waals surface area contributed by atoms with Gasteiger partial charge in [0.05, 0.1) is 13.2 Å². The Labute approximate surface area is 122 Å². The van der Waals surface area contributed by atoms with E-state index >= 15 is 0 Å². The molecule has 0 bridgehead atoms.